The van der Waals surface area contributed by atoms with Gasteiger partial charge in [-0.2, -0.15) is 4.99 Å². The molecule has 0 aliphatic rings. The molecule has 0 N–H and O–H groups in total. The molecule has 0 aliphatic carbocycles. The number of rotatable bonds is 4. The van der Waals surface area contributed by atoms with E-state index in [2.05, 4.69) is 32.3 Å². The van der Waals surface area contributed by atoms with E-state index >= 15 is 0 Å². The Morgan fingerprint density at radius 1 is 1.57 bits per heavy atom. The van der Waals surface area contributed by atoms with Gasteiger partial charge in [0, 0.05) is 25.3 Å². The zero-order valence-corrected chi connectivity index (χ0v) is 8.97. The number of thiocarbonyl (C=S) groups is 1. The van der Waals surface area contributed by atoms with E-state index in [1.54, 1.807) is 13.2 Å². The number of aromatic nitrogens is 2. The van der Waals surface area contributed by atoms with Gasteiger partial charge >= 0.3 is 0 Å². The first-order valence-corrected chi connectivity index (χ1v) is 4.58. The Kier molecular flexibility index (Phi) is 4.32. The average molecular weight is 209 g/mol. The zero-order valence-electron chi connectivity index (χ0n) is 8.15. The Morgan fingerprint density at radius 2 is 2.36 bits per heavy atom. The van der Waals surface area contributed by atoms with Gasteiger partial charge in [0.2, 0.25) is 0 Å². The van der Waals surface area contributed by atoms with Gasteiger partial charge in [0.1, 0.15) is 5.82 Å². The Bertz CT molecular complexity index is 361. The van der Waals surface area contributed by atoms with Crippen LogP contribution in [0.1, 0.15) is 11.5 Å². The molecule has 0 amide bonds. The van der Waals surface area contributed by atoms with Crippen molar-refractivity contribution >= 4 is 23.2 Å². The standard InChI is InChI=1S/C9H11N3OS/c1-7-5-9(10-6-14)12-8(11-7)3-4-13-2/h5H,3-4H2,1-2H3. The van der Waals surface area contributed by atoms with Crippen LogP contribution < -0.4 is 0 Å². The second kappa shape index (κ2) is 5.54. The van der Waals surface area contributed by atoms with Crippen molar-refractivity contribution < 1.29 is 4.74 Å². The van der Waals surface area contributed by atoms with Crippen LogP contribution in [-0.2, 0) is 11.2 Å². The SMILES string of the molecule is COCCc1nc(C)cc(N=C=S)n1. The maximum Gasteiger partial charge on any atom is 0.166 e. The van der Waals surface area contributed by atoms with Crippen LogP contribution in [0.5, 0.6) is 0 Å². The van der Waals surface area contributed by atoms with E-state index in [1.807, 2.05) is 6.92 Å². The Morgan fingerprint density at radius 3 is 3.00 bits per heavy atom. The summed E-state index contributed by atoms with van der Waals surface area (Å²) < 4.78 is 4.94. The molecule has 0 aromatic carbocycles. The van der Waals surface area contributed by atoms with Crippen LogP contribution in [0.25, 0.3) is 0 Å². The summed E-state index contributed by atoms with van der Waals surface area (Å²) in [6.45, 7) is 2.49. The van der Waals surface area contributed by atoms with Crippen molar-refractivity contribution in [2.45, 2.75) is 13.3 Å². The lowest BCUT2D eigenvalue weighted by Gasteiger charge is -2.01. The smallest absolute Gasteiger partial charge is 0.166 e. The molecule has 14 heavy (non-hydrogen) atoms. The minimum Gasteiger partial charge on any atom is -0.384 e. The third kappa shape index (κ3) is 3.30. The lowest BCUT2D eigenvalue weighted by Crippen LogP contribution is -2.01. The van der Waals surface area contributed by atoms with Crippen molar-refractivity contribution in [2.24, 2.45) is 4.99 Å². The van der Waals surface area contributed by atoms with E-state index in [4.69, 9.17) is 4.74 Å². The lowest BCUT2D eigenvalue weighted by molar-refractivity contribution is 0.200. The van der Waals surface area contributed by atoms with E-state index in [0.29, 0.717) is 18.8 Å². The molecule has 1 aromatic heterocycles. The number of hydrogen-bond acceptors (Lipinski definition) is 5. The molecule has 0 radical (unpaired) electrons. The Hall–Kier alpha value is -1.16. The van der Waals surface area contributed by atoms with E-state index < -0.39 is 0 Å². The fourth-order valence-corrected chi connectivity index (χ4v) is 1.11. The normalized spacial score (nSPS) is 9.57. The number of aryl methyl sites for hydroxylation is 1. The molecule has 1 heterocycles. The highest BCUT2D eigenvalue weighted by atomic mass is 32.1. The molecule has 0 aliphatic heterocycles. The maximum atomic E-state index is 4.94. The monoisotopic (exact) mass is 209 g/mol. The molecule has 74 valence electrons. The second-order valence-corrected chi connectivity index (χ2v) is 2.91. The quantitative estimate of drug-likeness (QED) is 0.559. The lowest BCUT2D eigenvalue weighted by atomic mass is 10.3. The van der Waals surface area contributed by atoms with Crippen LogP contribution in [-0.4, -0.2) is 28.8 Å². The molecule has 5 heteroatoms. The molecule has 1 aromatic rings. The fourth-order valence-electron chi connectivity index (χ4n) is 1.02. The van der Waals surface area contributed by atoms with Crippen LogP contribution in [0.15, 0.2) is 11.1 Å². The molecule has 0 unspecified atom stereocenters. The molecule has 0 saturated heterocycles. The van der Waals surface area contributed by atoms with Gasteiger partial charge in [0.15, 0.2) is 5.82 Å². The predicted molar refractivity (Wildman–Crippen MR) is 57.0 cm³/mol. The second-order valence-electron chi connectivity index (χ2n) is 2.73. The summed E-state index contributed by atoms with van der Waals surface area (Å²) >= 11 is 4.51. The largest absolute Gasteiger partial charge is 0.384 e. The van der Waals surface area contributed by atoms with Gasteiger partial charge in [-0.1, -0.05) is 0 Å². The molecule has 1 rings (SSSR count). The first-order valence-electron chi connectivity index (χ1n) is 4.17. The maximum absolute atomic E-state index is 4.94. The van der Waals surface area contributed by atoms with E-state index in [0.717, 1.165) is 11.5 Å². The number of nitrogens with zero attached hydrogens (tertiary/aromatic N) is 3. The minimum atomic E-state index is 0.554. The van der Waals surface area contributed by atoms with Crippen molar-refractivity contribution in [3.63, 3.8) is 0 Å². The number of ether oxygens (including phenoxy) is 1. The van der Waals surface area contributed by atoms with Crippen LogP contribution in [0.3, 0.4) is 0 Å². The zero-order chi connectivity index (χ0) is 10.4. The fraction of sp³-hybridized carbons (Fsp3) is 0.444. The molecule has 0 saturated carbocycles. The summed E-state index contributed by atoms with van der Waals surface area (Å²) in [5.41, 5.74) is 0.870. The molecule has 0 spiro atoms. The summed E-state index contributed by atoms with van der Waals surface area (Å²) in [6.07, 6.45) is 0.679. The van der Waals surface area contributed by atoms with E-state index in [9.17, 15) is 0 Å². The first-order chi connectivity index (χ1) is 6.76. The topological polar surface area (TPSA) is 47.4 Å². The summed E-state index contributed by atoms with van der Waals surface area (Å²) in [4.78, 5) is 12.2. The molecular formula is C9H11N3OS. The van der Waals surface area contributed by atoms with Crippen molar-refractivity contribution in [2.75, 3.05) is 13.7 Å². The van der Waals surface area contributed by atoms with E-state index in [-0.39, 0.29) is 0 Å². The van der Waals surface area contributed by atoms with Crippen LogP contribution in [0, 0.1) is 6.92 Å². The van der Waals surface area contributed by atoms with Gasteiger partial charge in [-0.05, 0) is 19.1 Å². The Balaban J connectivity index is 2.89. The van der Waals surface area contributed by atoms with Gasteiger partial charge in [0.25, 0.3) is 0 Å². The van der Waals surface area contributed by atoms with Gasteiger partial charge in [0.05, 0.1) is 11.8 Å². The number of isothiocyanates is 1. The first kappa shape index (κ1) is 10.9. The summed E-state index contributed by atoms with van der Waals surface area (Å²) in [7, 11) is 1.64. The van der Waals surface area contributed by atoms with Crippen molar-refractivity contribution in [3.8, 4) is 0 Å². The van der Waals surface area contributed by atoms with Gasteiger partial charge < -0.3 is 4.74 Å². The number of aliphatic imine (C=N–C) groups is 1. The average Bonchev–Trinajstić information content (AvgIpc) is 2.14. The minimum absolute atomic E-state index is 0.554. The van der Waals surface area contributed by atoms with E-state index in [1.165, 1.54) is 0 Å². The van der Waals surface area contributed by atoms with Gasteiger partial charge in [-0.15, -0.1) is 0 Å². The molecule has 4 nitrogen and oxygen atoms in total. The third-order valence-electron chi connectivity index (χ3n) is 1.58. The van der Waals surface area contributed by atoms with Crippen LogP contribution in [0.2, 0.25) is 0 Å². The molecule has 0 bridgehead atoms. The third-order valence-corrected chi connectivity index (χ3v) is 1.67. The van der Waals surface area contributed by atoms with Crippen molar-refractivity contribution in [3.05, 3.63) is 17.6 Å². The number of hydrogen-bond donors (Lipinski definition) is 0. The predicted octanol–water partition coefficient (Wildman–Crippen LogP) is 1.71. The van der Waals surface area contributed by atoms with Gasteiger partial charge in [-0.25, -0.2) is 9.97 Å². The van der Waals surface area contributed by atoms with Crippen molar-refractivity contribution in [1.29, 1.82) is 0 Å². The van der Waals surface area contributed by atoms with Crippen LogP contribution >= 0.6 is 12.2 Å². The summed E-state index contributed by atoms with van der Waals surface area (Å²) in [5.74, 6) is 1.27. The van der Waals surface area contributed by atoms with Gasteiger partial charge in [-0.3, -0.25) is 0 Å². The highest BCUT2D eigenvalue weighted by molar-refractivity contribution is 7.78. The Labute approximate surface area is 88.1 Å². The summed E-state index contributed by atoms with van der Waals surface area (Å²) in [5, 5.41) is 2.28. The highest BCUT2D eigenvalue weighted by Gasteiger charge is 2.00. The molecule has 0 atom stereocenters. The molecular weight excluding hydrogens is 198 g/mol. The molecule has 0 fully saturated rings. The summed E-state index contributed by atoms with van der Waals surface area (Å²) in [6, 6.07) is 1.76. The highest BCUT2D eigenvalue weighted by Crippen LogP contribution is 2.09. The van der Waals surface area contributed by atoms with Crippen molar-refractivity contribution in [1.82, 2.24) is 9.97 Å². The number of methoxy groups -OCH3 is 1. The van der Waals surface area contributed by atoms with Crippen LogP contribution in [0.4, 0.5) is 5.82 Å².